The molecule has 0 saturated carbocycles. The maximum atomic E-state index is 15.1. The van der Waals surface area contributed by atoms with Crippen LogP contribution in [-0.2, 0) is 10.9 Å². The number of carbonyl (C=O) groups is 1. The van der Waals surface area contributed by atoms with Crippen LogP contribution in [0.4, 0.5) is 13.2 Å². The van der Waals surface area contributed by atoms with E-state index >= 15 is 13.2 Å². The molecule has 36 heavy (non-hydrogen) atoms. The Bertz CT molecular complexity index is 1450. The van der Waals surface area contributed by atoms with Gasteiger partial charge in [0, 0.05) is 5.56 Å². The van der Waals surface area contributed by atoms with Crippen molar-refractivity contribution in [2.24, 2.45) is 0 Å². The Morgan fingerprint density at radius 2 is 1.19 bits per heavy atom. The van der Waals surface area contributed by atoms with Crippen molar-refractivity contribution in [1.82, 2.24) is 0 Å². The van der Waals surface area contributed by atoms with E-state index in [2.05, 4.69) is 0 Å². The number of rotatable bonds is 4. The Labute approximate surface area is 209 Å². The number of hydrogen-bond acceptors (Lipinski definition) is 2. The zero-order valence-electron chi connectivity index (χ0n) is 20.9. The van der Waals surface area contributed by atoms with Crippen molar-refractivity contribution in [3.05, 3.63) is 106 Å². The number of esters is 1. The molecule has 0 bridgehead atoms. The zero-order valence-corrected chi connectivity index (χ0v) is 20.9. The van der Waals surface area contributed by atoms with Gasteiger partial charge in [0.1, 0.15) is 0 Å². The predicted molar refractivity (Wildman–Crippen MR) is 138 cm³/mol. The minimum absolute atomic E-state index is 0.0607. The zero-order chi connectivity index (χ0) is 26.2. The first kappa shape index (κ1) is 25.2. The summed E-state index contributed by atoms with van der Waals surface area (Å²) >= 11 is 0. The molecule has 0 atom stereocenters. The fraction of sp³-hybridized carbons (Fsp3) is 0.194. The summed E-state index contributed by atoms with van der Waals surface area (Å²) in [6.07, 6.45) is -4.70. The van der Waals surface area contributed by atoms with E-state index in [9.17, 15) is 4.79 Å². The summed E-state index contributed by atoms with van der Waals surface area (Å²) in [5.74, 6) is -0.689. The van der Waals surface area contributed by atoms with E-state index < -0.39 is 17.7 Å². The third-order valence-corrected chi connectivity index (χ3v) is 6.74. The van der Waals surface area contributed by atoms with Gasteiger partial charge in [-0.25, -0.2) is 4.79 Å². The number of benzene rings is 4. The van der Waals surface area contributed by atoms with Gasteiger partial charge in [0.25, 0.3) is 0 Å². The van der Waals surface area contributed by atoms with Gasteiger partial charge in [0.2, 0.25) is 0 Å². The average Bonchev–Trinajstić information content (AvgIpc) is 2.84. The van der Waals surface area contributed by atoms with E-state index in [1.54, 1.807) is 30.3 Å². The smallest absolute Gasteiger partial charge is 0.417 e. The summed E-state index contributed by atoms with van der Waals surface area (Å²) in [5, 5.41) is 0. The quantitative estimate of drug-likeness (QED) is 0.269. The summed E-state index contributed by atoms with van der Waals surface area (Å²) in [4.78, 5) is 12.5. The number of hydrogen-bond donors (Lipinski definition) is 0. The first-order valence-electron chi connectivity index (χ1n) is 11.6. The second-order valence-corrected chi connectivity index (χ2v) is 8.96. The number of methoxy groups -OCH3 is 1. The standard InChI is InChI=1S/C31H27F3O2/c1-18-10-9-15-22(21(18)4)28-26(27-19(2)11-8-12-20(27)3)17-16-24(29(28)31(32,33)34)23-13-6-7-14-25(23)30(35)36-5/h6-17H,1-5H3. The third-order valence-electron chi connectivity index (χ3n) is 6.74. The van der Waals surface area contributed by atoms with Crippen molar-refractivity contribution in [2.45, 2.75) is 33.9 Å². The molecule has 184 valence electrons. The molecule has 4 rings (SSSR count). The van der Waals surface area contributed by atoms with E-state index in [-0.39, 0.29) is 22.3 Å². The number of ether oxygens (including phenoxy) is 1. The predicted octanol–water partition coefficient (Wildman–Crippen LogP) is 8.73. The van der Waals surface area contributed by atoms with E-state index in [1.165, 1.54) is 25.3 Å². The Kier molecular flexibility index (Phi) is 6.77. The number of aryl methyl sites for hydroxylation is 3. The molecular weight excluding hydrogens is 461 g/mol. The molecule has 0 heterocycles. The molecule has 0 aliphatic rings. The highest BCUT2D eigenvalue weighted by atomic mass is 19.4. The molecule has 0 spiro atoms. The van der Waals surface area contributed by atoms with Gasteiger partial charge >= 0.3 is 12.1 Å². The van der Waals surface area contributed by atoms with Crippen LogP contribution >= 0.6 is 0 Å². The van der Waals surface area contributed by atoms with Gasteiger partial charge in [-0.3, -0.25) is 0 Å². The fourth-order valence-electron chi connectivity index (χ4n) is 4.88. The van der Waals surface area contributed by atoms with Crippen molar-refractivity contribution in [1.29, 1.82) is 0 Å². The minimum atomic E-state index is -4.70. The van der Waals surface area contributed by atoms with E-state index in [1.807, 2.05) is 52.0 Å². The molecule has 0 aliphatic heterocycles. The maximum Gasteiger partial charge on any atom is 0.417 e. The van der Waals surface area contributed by atoms with Crippen molar-refractivity contribution < 1.29 is 22.7 Å². The van der Waals surface area contributed by atoms with Crippen LogP contribution in [0.5, 0.6) is 0 Å². The van der Waals surface area contributed by atoms with Crippen molar-refractivity contribution in [3.8, 4) is 33.4 Å². The van der Waals surface area contributed by atoms with Crippen molar-refractivity contribution >= 4 is 5.97 Å². The highest BCUT2D eigenvalue weighted by molar-refractivity contribution is 6.00. The van der Waals surface area contributed by atoms with Crippen LogP contribution in [-0.4, -0.2) is 13.1 Å². The van der Waals surface area contributed by atoms with Gasteiger partial charge in [-0.1, -0.05) is 66.7 Å². The first-order chi connectivity index (χ1) is 17.1. The molecule has 0 fully saturated rings. The molecule has 0 radical (unpaired) electrons. The number of alkyl halides is 3. The van der Waals surface area contributed by atoms with Gasteiger partial charge < -0.3 is 4.74 Å². The lowest BCUT2D eigenvalue weighted by Crippen LogP contribution is -2.13. The summed E-state index contributed by atoms with van der Waals surface area (Å²) in [6.45, 7) is 7.54. The Balaban J connectivity index is 2.23. The second-order valence-electron chi connectivity index (χ2n) is 8.96. The number of carbonyl (C=O) groups excluding carboxylic acids is 1. The second kappa shape index (κ2) is 9.65. The molecule has 0 unspecified atom stereocenters. The van der Waals surface area contributed by atoms with E-state index in [0.717, 1.165) is 27.8 Å². The van der Waals surface area contributed by atoms with Crippen LogP contribution in [0.1, 0.15) is 38.2 Å². The van der Waals surface area contributed by atoms with Crippen LogP contribution in [0.15, 0.2) is 72.8 Å². The van der Waals surface area contributed by atoms with Gasteiger partial charge in [0.05, 0.1) is 18.2 Å². The van der Waals surface area contributed by atoms with Gasteiger partial charge in [-0.15, -0.1) is 0 Å². The average molecular weight is 489 g/mol. The Morgan fingerprint density at radius 1 is 0.639 bits per heavy atom. The van der Waals surface area contributed by atoms with Crippen LogP contribution in [0.25, 0.3) is 33.4 Å². The molecule has 0 amide bonds. The normalized spacial score (nSPS) is 11.4. The summed E-state index contributed by atoms with van der Waals surface area (Å²) in [6, 6.07) is 20.6. The maximum absolute atomic E-state index is 15.1. The minimum Gasteiger partial charge on any atom is -0.465 e. The van der Waals surface area contributed by atoms with Crippen LogP contribution < -0.4 is 0 Å². The molecule has 2 nitrogen and oxygen atoms in total. The van der Waals surface area contributed by atoms with Crippen molar-refractivity contribution in [2.75, 3.05) is 7.11 Å². The largest absolute Gasteiger partial charge is 0.465 e. The summed E-state index contributed by atoms with van der Waals surface area (Å²) in [7, 11) is 1.22. The van der Waals surface area contributed by atoms with Gasteiger partial charge in [0.15, 0.2) is 0 Å². The van der Waals surface area contributed by atoms with Gasteiger partial charge in [-0.2, -0.15) is 13.2 Å². The third kappa shape index (κ3) is 4.41. The lowest BCUT2D eigenvalue weighted by molar-refractivity contribution is -0.136. The highest BCUT2D eigenvalue weighted by Gasteiger charge is 2.39. The molecule has 5 heteroatoms. The van der Waals surface area contributed by atoms with Crippen molar-refractivity contribution in [3.63, 3.8) is 0 Å². The molecule has 4 aromatic carbocycles. The SMILES string of the molecule is COC(=O)c1ccccc1-c1ccc(-c2c(C)cccc2C)c(-c2cccc(C)c2C)c1C(F)(F)F. The van der Waals surface area contributed by atoms with E-state index in [0.29, 0.717) is 11.1 Å². The molecule has 4 aromatic rings. The number of halogens is 3. The molecule has 0 saturated heterocycles. The van der Waals surface area contributed by atoms with Crippen LogP contribution in [0.3, 0.4) is 0 Å². The van der Waals surface area contributed by atoms with Gasteiger partial charge in [-0.05, 0) is 83.8 Å². The monoisotopic (exact) mass is 488 g/mol. The van der Waals surface area contributed by atoms with Crippen LogP contribution in [0, 0.1) is 27.7 Å². The fourth-order valence-corrected chi connectivity index (χ4v) is 4.88. The first-order valence-corrected chi connectivity index (χ1v) is 11.6. The topological polar surface area (TPSA) is 26.3 Å². The summed E-state index contributed by atoms with van der Waals surface area (Å²) < 4.78 is 50.2. The molecule has 0 N–H and O–H groups in total. The lowest BCUT2D eigenvalue weighted by atomic mass is 9.81. The molecule has 0 aliphatic carbocycles. The molecular formula is C31H27F3O2. The van der Waals surface area contributed by atoms with E-state index in [4.69, 9.17) is 4.74 Å². The van der Waals surface area contributed by atoms with Crippen LogP contribution in [0.2, 0.25) is 0 Å². The Morgan fingerprint density at radius 3 is 1.83 bits per heavy atom. The summed E-state index contributed by atoms with van der Waals surface area (Å²) in [5.41, 5.74) is 4.76. The Hall–Kier alpha value is -3.86. The lowest BCUT2D eigenvalue weighted by Gasteiger charge is -2.25. The molecule has 0 aromatic heterocycles. The highest BCUT2D eigenvalue weighted by Crippen LogP contribution is 2.49.